The molecule has 0 aliphatic rings. The van der Waals surface area contributed by atoms with Gasteiger partial charge in [-0.1, -0.05) is 5.11 Å². The number of aromatic hydroxyl groups is 1. The van der Waals surface area contributed by atoms with E-state index in [0.29, 0.717) is 9.26 Å². The van der Waals surface area contributed by atoms with Crippen molar-refractivity contribution in [2.24, 2.45) is 5.11 Å². The van der Waals surface area contributed by atoms with Crippen LogP contribution in [0.15, 0.2) is 35.6 Å². The maximum Gasteiger partial charge on any atom is 0.341 e. The van der Waals surface area contributed by atoms with Gasteiger partial charge in [0, 0.05) is 14.5 Å². The maximum atomic E-state index is 12.2. The van der Waals surface area contributed by atoms with Gasteiger partial charge in [-0.15, -0.1) is 0 Å². The average Bonchev–Trinajstić information content (AvgIpc) is 2.57. The quantitative estimate of drug-likeness (QED) is 0.263. The van der Waals surface area contributed by atoms with Gasteiger partial charge in [0.25, 0.3) is 5.91 Å². The monoisotopic (exact) mass is 455 g/mol. The number of nitrogens with zero attached hydrogens (tertiary/aromatic N) is 4. The predicted molar refractivity (Wildman–Crippen MR) is 95.0 cm³/mol. The summed E-state index contributed by atoms with van der Waals surface area (Å²) in [5.74, 6) is -1.97. The molecule has 3 N–H and O–H groups in total. The molecule has 1 aromatic carbocycles. The molecule has 0 saturated heterocycles. The molecule has 2 rings (SSSR count). The first-order chi connectivity index (χ1) is 11.9. The van der Waals surface area contributed by atoms with Crippen LogP contribution in [0.25, 0.3) is 10.4 Å². The van der Waals surface area contributed by atoms with Gasteiger partial charge in [-0.2, -0.15) is 0 Å². The minimum absolute atomic E-state index is 0.00695. The molecule has 0 radical (unpaired) electrons. The smallest absolute Gasteiger partial charge is 0.341 e. The Hall–Kier alpha value is -3.05. The third-order valence-electron chi connectivity index (χ3n) is 2.80. The van der Waals surface area contributed by atoms with Gasteiger partial charge in [-0.05, 0) is 46.3 Å². The summed E-state index contributed by atoms with van der Waals surface area (Å²) in [6.45, 7) is -0.525. The van der Waals surface area contributed by atoms with Gasteiger partial charge in [-0.25, -0.2) is 9.78 Å². The van der Waals surface area contributed by atoms with Crippen molar-refractivity contribution in [3.05, 3.63) is 50.0 Å². The number of phenols is 1. The van der Waals surface area contributed by atoms with Crippen LogP contribution in [0, 0.1) is 3.57 Å². The van der Waals surface area contributed by atoms with E-state index in [1.165, 1.54) is 30.5 Å². The van der Waals surface area contributed by atoms with Crippen molar-refractivity contribution in [1.82, 2.24) is 4.98 Å². The molecule has 10 nitrogen and oxygen atoms in total. The number of carbonyl (C=O) groups is 2. The minimum Gasteiger partial charge on any atom is -0.507 e. The van der Waals surface area contributed by atoms with Gasteiger partial charge in [0.2, 0.25) is 5.88 Å². The molecule has 1 aromatic heterocycles. The Kier molecular flexibility index (Phi) is 5.98. The van der Waals surface area contributed by atoms with Gasteiger partial charge >= 0.3 is 5.97 Å². The van der Waals surface area contributed by atoms with Crippen LogP contribution in [0.2, 0.25) is 0 Å². The van der Waals surface area contributed by atoms with Crippen LogP contribution in [0.5, 0.6) is 11.6 Å². The zero-order chi connectivity index (χ0) is 18.4. The molecule has 1 amide bonds. The Labute approximate surface area is 154 Å². The average molecular weight is 455 g/mol. The molecular formula is C14H10IN5O5. The summed E-state index contributed by atoms with van der Waals surface area (Å²) in [4.78, 5) is 29.1. The summed E-state index contributed by atoms with van der Waals surface area (Å²) >= 11 is 1.88. The molecule has 0 aliphatic carbocycles. The molecule has 11 heteroatoms. The Morgan fingerprint density at radius 2 is 2.16 bits per heavy atom. The van der Waals surface area contributed by atoms with E-state index < -0.39 is 18.5 Å². The SMILES string of the molecule is [N-]=[N+]=Nc1cc(O)c(C(=O)Nc2ccc(OCC(=O)O)nc2)cc1I. The summed E-state index contributed by atoms with van der Waals surface area (Å²) in [6, 6.07) is 5.44. The number of nitrogens with one attached hydrogen (secondary N) is 1. The van der Waals surface area contributed by atoms with E-state index in [2.05, 4.69) is 20.3 Å². The van der Waals surface area contributed by atoms with E-state index in [-0.39, 0.29) is 22.9 Å². The number of amides is 1. The molecule has 0 bridgehead atoms. The van der Waals surface area contributed by atoms with Crippen molar-refractivity contribution in [3.8, 4) is 11.6 Å². The summed E-state index contributed by atoms with van der Waals surface area (Å²) in [6.07, 6.45) is 1.28. The first kappa shape index (κ1) is 18.3. The topological polar surface area (TPSA) is 158 Å². The Morgan fingerprint density at radius 1 is 1.40 bits per heavy atom. The highest BCUT2D eigenvalue weighted by Gasteiger charge is 2.14. The van der Waals surface area contributed by atoms with Crippen LogP contribution in [0.4, 0.5) is 11.4 Å². The molecule has 0 saturated carbocycles. The normalized spacial score (nSPS) is 9.80. The lowest BCUT2D eigenvalue weighted by atomic mass is 10.1. The van der Waals surface area contributed by atoms with Crippen LogP contribution >= 0.6 is 22.6 Å². The van der Waals surface area contributed by atoms with Crippen molar-refractivity contribution >= 4 is 45.8 Å². The van der Waals surface area contributed by atoms with Crippen molar-refractivity contribution < 1.29 is 24.5 Å². The maximum absolute atomic E-state index is 12.2. The zero-order valence-corrected chi connectivity index (χ0v) is 14.5. The predicted octanol–water partition coefficient (Wildman–Crippen LogP) is 3.05. The van der Waals surface area contributed by atoms with E-state index >= 15 is 0 Å². The number of halogens is 1. The zero-order valence-electron chi connectivity index (χ0n) is 12.4. The van der Waals surface area contributed by atoms with Gasteiger partial charge < -0.3 is 20.3 Å². The molecule has 2 aromatic rings. The first-order valence-corrected chi connectivity index (χ1v) is 7.68. The number of ether oxygens (including phenoxy) is 1. The lowest BCUT2D eigenvalue weighted by Crippen LogP contribution is -2.13. The number of pyridine rings is 1. The van der Waals surface area contributed by atoms with Crippen molar-refractivity contribution in [2.75, 3.05) is 11.9 Å². The minimum atomic E-state index is -1.13. The largest absolute Gasteiger partial charge is 0.507 e. The summed E-state index contributed by atoms with van der Waals surface area (Å²) in [5, 5.41) is 24.4. The van der Waals surface area contributed by atoms with Crippen LogP contribution in [-0.4, -0.2) is 33.7 Å². The third kappa shape index (κ3) is 4.96. The number of rotatable bonds is 6. The molecule has 25 heavy (non-hydrogen) atoms. The summed E-state index contributed by atoms with van der Waals surface area (Å²) in [5.41, 5.74) is 8.96. The second-order valence-electron chi connectivity index (χ2n) is 4.53. The molecule has 0 fully saturated rings. The highest BCUT2D eigenvalue weighted by atomic mass is 127. The van der Waals surface area contributed by atoms with E-state index in [0.717, 1.165) is 0 Å². The Morgan fingerprint density at radius 3 is 2.76 bits per heavy atom. The number of benzene rings is 1. The van der Waals surface area contributed by atoms with E-state index in [9.17, 15) is 14.7 Å². The third-order valence-corrected chi connectivity index (χ3v) is 3.66. The van der Waals surface area contributed by atoms with E-state index in [4.69, 9.17) is 15.4 Å². The van der Waals surface area contributed by atoms with E-state index in [1.54, 1.807) is 0 Å². The molecule has 0 aliphatic heterocycles. The Balaban J connectivity index is 2.13. The first-order valence-electron chi connectivity index (χ1n) is 6.60. The van der Waals surface area contributed by atoms with Crippen molar-refractivity contribution in [3.63, 3.8) is 0 Å². The molecular weight excluding hydrogens is 445 g/mol. The molecule has 0 unspecified atom stereocenters. The number of anilines is 1. The number of hydrogen-bond donors (Lipinski definition) is 3. The number of aliphatic carboxylic acids is 1. The second-order valence-corrected chi connectivity index (χ2v) is 5.69. The van der Waals surface area contributed by atoms with Crippen LogP contribution < -0.4 is 10.1 Å². The highest BCUT2D eigenvalue weighted by Crippen LogP contribution is 2.30. The molecule has 1 heterocycles. The van der Waals surface area contributed by atoms with Crippen molar-refractivity contribution in [1.29, 1.82) is 0 Å². The fourth-order valence-corrected chi connectivity index (χ4v) is 2.31. The molecule has 0 atom stereocenters. The number of carboxylic acid groups (broad SMARTS) is 1. The number of hydrogen-bond acceptors (Lipinski definition) is 6. The fraction of sp³-hybridized carbons (Fsp3) is 0.0714. The molecule has 128 valence electrons. The van der Waals surface area contributed by atoms with Crippen LogP contribution in [0.3, 0.4) is 0 Å². The van der Waals surface area contributed by atoms with Gasteiger partial charge in [0.15, 0.2) is 6.61 Å². The fourth-order valence-electron chi connectivity index (χ4n) is 1.73. The van der Waals surface area contributed by atoms with Gasteiger partial charge in [0.1, 0.15) is 5.75 Å². The van der Waals surface area contributed by atoms with Crippen LogP contribution in [0.1, 0.15) is 10.4 Å². The molecule has 0 spiro atoms. The number of aromatic nitrogens is 1. The lowest BCUT2D eigenvalue weighted by Gasteiger charge is -2.09. The highest BCUT2D eigenvalue weighted by molar-refractivity contribution is 14.1. The Bertz CT molecular complexity index is 865. The summed E-state index contributed by atoms with van der Waals surface area (Å²) in [7, 11) is 0. The summed E-state index contributed by atoms with van der Waals surface area (Å²) < 4.78 is 5.37. The number of carboxylic acids is 1. The van der Waals surface area contributed by atoms with Crippen molar-refractivity contribution in [2.45, 2.75) is 0 Å². The van der Waals surface area contributed by atoms with Gasteiger partial charge in [-0.3, -0.25) is 4.79 Å². The number of phenolic OH excluding ortho intramolecular Hbond substituents is 1. The standard InChI is InChI=1S/C14H10IN5O5/c15-9-3-8(11(21)4-10(9)19-20-16)14(24)18-7-1-2-12(17-5-7)25-6-13(22)23/h1-5,21H,6H2,(H,18,24)(H,22,23). The van der Waals surface area contributed by atoms with E-state index in [1.807, 2.05) is 22.6 Å². The number of azide groups is 1. The lowest BCUT2D eigenvalue weighted by molar-refractivity contribution is -0.139. The second kappa shape index (κ2) is 8.17. The van der Waals surface area contributed by atoms with Crippen LogP contribution in [-0.2, 0) is 4.79 Å². The van der Waals surface area contributed by atoms with Gasteiger partial charge in [0.05, 0.1) is 23.1 Å². The number of carbonyl (C=O) groups excluding carboxylic acids is 1.